The van der Waals surface area contributed by atoms with Crippen LogP contribution in [0.4, 0.5) is 0 Å². The Morgan fingerprint density at radius 1 is 0.239 bits per heavy atom. The van der Waals surface area contributed by atoms with Crippen molar-refractivity contribution < 1.29 is 46.2 Å². The molecule has 0 aliphatic carbocycles. The van der Waals surface area contributed by atoms with Gasteiger partial charge >= 0.3 is 29.1 Å². The van der Waals surface area contributed by atoms with Crippen molar-refractivity contribution in [2.45, 2.75) is 0 Å². The SMILES string of the molecule is COC(=O)c1cc2ccccc2c(-c2c(OP(Oc3cc4ccccc4c4ccccc34)Oc3cc4ccccc4c4ccccc34)c(C(=O)OC)cc3ccccc23)c1OP(Oc1cc2ccccc2c2ccccc12)Oc1cc2ccccc2c2ccccc12. The molecule has 12 heteroatoms. The summed E-state index contributed by atoms with van der Waals surface area (Å²) in [5.74, 6) is 0.492. The third-order valence-corrected chi connectivity index (χ3v) is 19.1. The van der Waals surface area contributed by atoms with Gasteiger partial charge in [0, 0.05) is 32.7 Å². The lowest BCUT2D eigenvalue weighted by atomic mass is 9.89. The van der Waals surface area contributed by atoms with Crippen LogP contribution in [0.25, 0.3) is 119 Å². The van der Waals surface area contributed by atoms with Crippen molar-refractivity contribution in [3.63, 3.8) is 0 Å². The Morgan fingerprint density at radius 2 is 0.446 bits per heavy atom. The van der Waals surface area contributed by atoms with Crippen molar-refractivity contribution in [2.75, 3.05) is 14.2 Å². The molecule has 0 bridgehead atoms. The number of ether oxygens (including phenoxy) is 2. The smallest absolute Gasteiger partial charge is 0.465 e. The molecule has 442 valence electrons. The van der Waals surface area contributed by atoms with Gasteiger partial charge in [0.2, 0.25) is 0 Å². The molecule has 0 unspecified atom stereocenters. The van der Waals surface area contributed by atoms with Crippen molar-refractivity contribution in [2.24, 2.45) is 0 Å². The molecular weight excluding hydrogens is 1180 g/mol. The summed E-state index contributed by atoms with van der Waals surface area (Å²) in [6.07, 6.45) is 0. The summed E-state index contributed by atoms with van der Waals surface area (Å²) in [6.45, 7) is 0. The number of fused-ring (bicyclic) bond motifs is 14. The Labute approximate surface area is 530 Å². The van der Waals surface area contributed by atoms with Crippen molar-refractivity contribution in [1.82, 2.24) is 0 Å². The third kappa shape index (κ3) is 9.94. The number of hydrogen-bond donors (Lipinski definition) is 0. The first-order valence-corrected chi connectivity index (χ1v) is 32.1. The summed E-state index contributed by atoms with van der Waals surface area (Å²) in [5, 5.41) is 17.4. The van der Waals surface area contributed by atoms with E-state index in [0.29, 0.717) is 55.7 Å². The number of rotatable bonds is 15. The monoisotopic (exact) mass is 1230 g/mol. The maximum atomic E-state index is 15.0. The molecule has 0 aromatic heterocycles. The van der Waals surface area contributed by atoms with E-state index >= 15 is 9.59 Å². The fourth-order valence-corrected chi connectivity index (χ4v) is 15.0. The van der Waals surface area contributed by atoms with Gasteiger partial charge in [-0.15, -0.1) is 0 Å². The lowest BCUT2D eigenvalue weighted by Crippen LogP contribution is -2.12. The zero-order chi connectivity index (χ0) is 61.8. The summed E-state index contributed by atoms with van der Waals surface area (Å²) in [4.78, 5) is 30.1. The van der Waals surface area contributed by atoms with Crippen LogP contribution in [0.3, 0.4) is 0 Å². The van der Waals surface area contributed by atoms with E-state index in [1.165, 1.54) is 14.2 Å². The van der Waals surface area contributed by atoms with Crippen LogP contribution in [-0.4, -0.2) is 26.2 Å². The zero-order valence-electron chi connectivity index (χ0n) is 49.5. The molecular formula is C80H52O10P2. The minimum Gasteiger partial charge on any atom is -0.465 e. The minimum absolute atomic E-state index is 0.0149. The van der Waals surface area contributed by atoms with Crippen LogP contribution >= 0.6 is 17.2 Å². The van der Waals surface area contributed by atoms with E-state index in [4.69, 9.17) is 36.6 Å². The Kier molecular flexibility index (Phi) is 14.4. The van der Waals surface area contributed by atoms with Gasteiger partial charge in [-0.2, -0.15) is 0 Å². The maximum absolute atomic E-state index is 15.0. The Balaban J connectivity index is 0.963. The molecule has 92 heavy (non-hydrogen) atoms. The molecule has 0 amide bonds. The van der Waals surface area contributed by atoms with Crippen molar-refractivity contribution >= 4 is 137 Å². The maximum Gasteiger partial charge on any atom is 0.530 e. The molecule has 0 spiro atoms. The standard InChI is InChI=1S/C80H52O10P2/c1-83-79(81)69-43-49-23-7-13-33-59(49)75(77(69)89-91(85-71-45-51-25-3-9-29-55(51)61-35-15-19-39-65(61)71)86-72-46-52-26-4-10-30-56(52)62-36-16-20-40-66(62)72)76-60-34-14-8-24-50(60)44-70(80(82)84-2)78(76)90-92(87-73-47-53-27-5-11-31-57(53)63-37-17-21-41-67(63)73)88-74-48-54-28-6-12-32-58(54)64-38-18-22-42-68(64)74/h3-48H,1-2H3. The molecule has 0 fully saturated rings. The predicted octanol–water partition coefficient (Wildman–Crippen LogP) is 22.0. The van der Waals surface area contributed by atoms with Crippen LogP contribution in [0.1, 0.15) is 20.7 Å². The van der Waals surface area contributed by atoms with Gasteiger partial charge < -0.3 is 36.6 Å². The van der Waals surface area contributed by atoms with E-state index in [9.17, 15) is 0 Å². The number of benzene rings is 16. The number of hydrogen-bond acceptors (Lipinski definition) is 10. The van der Waals surface area contributed by atoms with E-state index < -0.39 is 29.1 Å². The van der Waals surface area contributed by atoms with Crippen LogP contribution in [0.5, 0.6) is 34.5 Å². The Bertz CT molecular complexity index is 5080. The molecule has 0 N–H and O–H groups in total. The van der Waals surface area contributed by atoms with E-state index in [2.05, 4.69) is 48.5 Å². The minimum atomic E-state index is -2.66. The van der Waals surface area contributed by atoms with Crippen molar-refractivity contribution in [3.05, 3.63) is 290 Å². The average Bonchev–Trinajstić information content (AvgIpc) is 0.811. The van der Waals surface area contributed by atoms with Gasteiger partial charge in [0.15, 0.2) is 11.5 Å². The first kappa shape index (κ1) is 56.0. The van der Waals surface area contributed by atoms with Gasteiger partial charge in [-0.3, -0.25) is 0 Å². The number of carbonyl (C=O) groups excluding carboxylic acids is 2. The highest BCUT2D eigenvalue weighted by Crippen LogP contribution is 2.58. The Hall–Kier alpha value is -11.3. The highest BCUT2D eigenvalue weighted by Gasteiger charge is 2.36. The van der Waals surface area contributed by atoms with Crippen LogP contribution in [0.15, 0.2) is 279 Å². The summed E-state index contributed by atoms with van der Waals surface area (Å²) in [6, 6.07) is 91.5. The summed E-state index contributed by atoms with van der Waals surface area (Å²) >= 11 is 0. The highest BCUT2D eigenvalue weighted by molar-refractivity contribution is 7.43. The quantitative estimate of drug-likeness (QED) is 0.0559. The van der Waals surface area contributed by atoms with Crippen molar-refractivity contribution in [1.29, 1.82) is 0 Å². The van der Waals surface area contributed by atoms with E-state index in [-0.39, 0.29) is 22.6 Å². The van der Waals surface area contributed by atoms with E-state index in [1.807, 2.05) is 218 Å². The molecule has 16 rings (SSSR count). The van der Waals surface area contributed by atoms with Gasteiger partial charge in [-0.1, -0.05) is 243 Å². The average molecular weight is 1240 g/mol. The summed E-state index contributed by atoms with van der Waals surface area (Å²) in [7, 11) is -2.67. The van der Waals surface area contributed by atoms with Crippen LogP contribution in [0.2, 0.25) is 0 Å². The topological polar surface area (TPSA) is 108 Å². The third-order valence-electron chi connectivity index (χ3n) is 17.0. The fourth-order valence-electron chi connectivity index (χ4n) is 12.8. The second kappa shape index (κ2) is 23.6. The van der Waals surface area contributed by atoms with Gasteiger partial charge in [0.25, 0.3) is 0 Å². The van der Waals surface area contributed by atoms with E-state index in [0.717, 1.165) is 86.2 Å². The molecule has 0 aliphatic heterocycles. The van der Waals surface area contributed by atoms with Crippen molar-refractivity contribution in [3.8, 4) is 45.6 Å². The van der Waals surface area contributed by atoms with Crippen LogP contribution in [0, 0.1) is 0 Å². The molecule has 16 aromatic rings. The first-order chi connectivity index (χ1) is 45.3. The van der Waals surface area contributed by atoms with Gasteiger partial charge in [0.1, 0.15) is 34.1 Å². The Morgan fingerprint density at radius 3 is 0.696 bits per heavy atom. The second-order valence-electron chi connectivity index (χ2n) is 22.2. The number of esters is 2. The van der Waals surface area contributed by atoms with Gasteiger partial charge in [-0.25, -0.2) is 9.59 Å². The summed E-state index contributed by atoms with van der Waals surface area (Å²) in [5.41, 5.74) is 0.751. The lowest BCUT2D eigenvalue weighted by Gasteiger charge is -2.26. The largest absolute Gasteiger partial charge is 0.530 e. The number of carbonyl (C=O) groups is 2. The molecule has 0 atom stereocenters. The molecule has 0 aliphatic rings. The molecule has 0 saturated heterocycles. The van der Waals surface area contributed by atoms with E-state index in [1.54, 1.807) is 12.1 Å². The fraction of sp³-hybridized carbons (Fsp3) is 0.0250. The van der Waals surface area contributed by atoms with Gasteiger partial charge in [0.05, 0.1) is 14.2 Å². The molecule has 0 heterocycles. The van der Waals surface area contributed by atoms with Gasteiger partial charge in [-0.05, 0) is 123 Å². The molecule has 16 aromatic carbocycles. The lowest BCUT2D eigenvalue weighted by molar-refractivity contribution is 0.0589. The first-order valence-electron chi connectivity index (χ1n) is 29.9. The predicted molar refractivity (Wildman–Crippen MR) is 373 cm³/mol. The second-order valence-corrected chi connectivity index (χ2v) is 24.2. The zero-order valence-corrected chi connectivity index (χ0v) is 51.3. The molecule has 0 saturated carbocycles. The number of methoxy groups -OCH3 is 2. The van der Waals surface area contributed by atoms with Crippen LogP contribution in [-0.2, 0) is 9.47 Å². The normalized spacial score (nSPS) is 11.7. The van der Waals surface area contributed by atoms with Crippen LogP contribution < -0.4 is 27.1 Å². The highest BCUT2D eigenvalue weighted by atomic mass is 31.2. The summed E-state index contributed by atoms with van der Waals surface area (Å²) < 4.78 is 56.0. The molecule has 10 nitrogen and oxygen atoms in total. The molecule has 0 radical (unpaired) electrons.